The van der Waals surface area contributed by atoms with Gasteiger partial charge in [0, 0.05) is 0 Å². The number of aromatic amines is 4. The van der Waals surface area contributed by atoms with E-state index in [-0.39, 0.29) is 5.52 Å². The highest BCUT2D eigenvalue weighted by atomic mass is 32.1. The predicted molar refractivity (Wildman–Crippen MR) is 44.7 cm³/mol. The van der Waals surface area contributed by atoms with Crippen LogP contribution in [0.5, 0.6) is 0 Å². The van der Waals surface area contributed by atoms with E-state index in [9.17, 15) is 9.59 Å². The number of hydrogen-bond acceptors (Lipinski definition) is 3. The van der Waals surface area contributed by atoms with Crippen molar-refractivity contribution >= 4 is 23.4 Å². The number of H-pyrrole nitrogens is 4. The van der Waals surface area contributed by atoms with Crippen LogP contribution in [-0.2, 0) is 0 Å². The molecular weight excluding hydrogens is 180 g/mol. The van der Waals surface area contributed by atoms with Crippen molar-refractivity contribution < 1.29 is 0 Å². The van der Waals surface area contributed by atoms with Crippen molar-refractivity contribution in [1.29, 1.82) is 0 Å². The monoisotopic (exact) mass is 184 g/mol. The number of imidazole rings is 1. The molecule has 0 aliphatic rings. The van der Waals surface area contributed by atoms with Crippen LogP contribution < -0.4 is 11.2 Å². The minimum absolute atomic E-state index is 0.250. The largest absolute Gasteiger partial charge is 0.327 e. The van der Waals surface area contributed by atoms with Crippen LogP contribution in [0.4, 0.5) is 0 Å². The summed E-state index contributed by atoms with van der Waals surface area (Å²) in [5, 5.41) is 0. The molecule has 2 aromatic rings. The zero-order valence-corrected chi connectivity index (χ0v) is 6.54. The van der Waals surface area contributed by atoms with Gasteiger partial charge in [0.1, 0.15) is 11.2 Å². The molecule has 2 heterocycles. The first-order valence-corrected chi connectivity index (χ1v) is 3.52. The molecule has 62 valence electrons. The highest BCUT2D eigenvalue weighted by Gasteiger charge is 2.00. The van der Waals surface area contributed by atoms with Crippen molar-refractivity contribution in [2.24, 2.45) is 0 Å². The fraction of sp³-hybridized carbons (Fsp3) is 0. The van der Waals surface area contributed by atoms with Gasteiger partial charge in [-0.15, -0.1) is 0 Å². The summed E-state index contributed by atoms with van der Waals surface area (Å²) in [6.07, 6.45) is 0. The van der Waals surface area contributed by atoms with Crippen LogP contribution in [0.1, 0.15) is 0 Å². The number of hydrogen-bond donors (Lipinski definition) is 4. The average molecular weight is 184 g/mol. The molecule has 6 nitrogen and oxygen atoms in total. The number of rotatable bonds is 0. The minimum Gasteiger partial charge on any atom is -0.325 e. The lowest BCUT2D eigenvalue weighted by atomic mass is 10.5. The molecule has 0 fully saturated rings. The number of fused-ring (bicyclic) bond motifs is 1. The van der Waals surface area contributed by atoms with E-state index >= 15 is 0 Å². The zero-order valence-electron chi connectivity index (χ0n) is 5.72. The molecule has 2 rings (SSSR count). The second-order valence-electron chi connectivity index (χ2n) is 2.24. The van der Waals surface area contributed by atoms with Crippen molar-refractivity contribution in [2.45, 2.75) is 0 Å². The third kappa shape index (κ3) is 0.909. The molecular formula is C5H4N4O2S. The molecule has 2 aromatic heterocycles. The lowest BCUT2D eigenvalue weighted by Gasteiger charge is -1.84. The molecule has 0 spiro atoms. The lowest BCUT2D eigenvalue weighted by molar-refractivity contribution is 1.07. The Bertz CT molecular complexity index is 585. The Balaban J connectivity index is 3.18. The van der Waals surface area contributed by atoms with Crippen molar-refractivity contribution in [2.75, 3.05) is 0 Å². The first-order chi connectivity index (χ1) is 5.66. The molecule has 12 heavy (non-hydrogen) atoms. The summed E-state index contributed by atoms with van der Waals surface area (Å²) in [6, 6.07) is 0. The predicted octanol–water partition coefficient (Wildman–Crippen LogP) is -0.398. The third-order valence-electron chi connectivity index (χ3n) is 1.42. The zero-order chi connectivity index (χ0) is 8.72. The lowest BCUT2D eigenvalue weighted by Crippen LogP contribution is -2.21. The van der Waals surface area contributed by atoms with Crippen LogP contribution >= 0.6 is 12.2 Å². The Kier molecular flexibility index (Phi) is 1.28. The Labute approximate surface area is 69.7 Å². The van der Waals surface area contributed by atoms with Gasteiger partial charge in [0.05, 0.1) is 0 Å². The summed E-state index contributed by atoms with van der Waals surface area (Å²) < 4.78 is 0.303. The van der Waals surface area contributed by atoms with Crippen molar-refractivity contribution in [3.05, 3.63) is 25.6 Å². The summed E-state index contributed by atoms with van der Waals surface area (Å²) in [5.41, 5.74) is -0.479. The first kappa shape index (κ1) is 7.04. The molecule has 0 saturated carbocycles. The number of aromatic nitrogens is 4. The molecule has 0 saturated heterocycles. The summed E-state index contributed by atoms with van der Waals surface area (Å²) in [7, 11) is 0. The van der Waals surface area contributed by atoms with E-state index in [0.717, 1.165) is 0 Å². The third-order valence-corrected chi connectivity index (χ3v) is 1.62. The average Bonchev–Trinajstić information content (AvgIpc) is 2.29. The van der Waals surface area contributed by atoms with E-state index in [4.69, 9.17) is 12.2 Å². The maximum Gasteiger partial charge on any atom is 0.327 e. The quantitative estimate of drug-likeness (QED) is 0.419. The highest BCUT2D eigenvalue weighted by Crippen LogP contribution is 1.95. The second kappa shape index (κ2) is 2.18. The molecule has 4 N–H and O–H groups in total. The van der Waals surface area contributed by atoms with E-state index in [1.807, 2.05) is 0 Å². The molecule has 0 aromatic carbocycles. The Morgan fingerprint density at radius 2 is 1.75 bits per heavy atom. The van der Waals surface area contributed by atoms with Gasteiger partial charge in [-0.1, -0.05) is 0 Å². The molecule has 7 heteroatoms. The van der Waals surface area contributed by atoms with Crippen molar-refractivity contribution in [1.82, 2.24) is 19.9 Å². The molecule has 0 aliphatic heterocycles. The Morgan fingerprint density at radius 1 is 1.00 bits per heavy atom. The minimum atomic E-state index is -0.558. The maximum absolute atomic E-state index is 11.0. The summed E-state index contributed by atoms with van der Waals surface area (Å²) in [5.74, 6) is 0. The van der Waals surface area contributed by atoms with Gasteiger partial charge >= 0.3 is 5.69 Å². The van der Waals surface area contributed by atoms with Crippen LogP contribution in [-0.4, -0.2) is 19.9 Å². The van der Waals surface area contributed by atoms with E-state index in [0.29, 0.717) is 10.4 Å². The smallest absolute Gasteiger partial charge is 0.325 e. The summed E-state index contributed by atoms with van der Waals surface area (Å²) in [4.78, 5) is 31.4. The van der Waals surface area contributed by atoms with Crippen LogP contribution in [0.25, 0.3) is 11.2 Å². The SMILES string of the molecule is O=c1[nH]c(=O)c2[nH]c(=S)[nH]c2[nH]1. The van der Waals surface area contributed by atoms with E-state index in [2.05, 4.69) is 19.9 Å². The Hall–Kier alpha value is -1.63. The van der Waals surface area contributed by atoms with Crippen molar-refractivity contribution in [3.8, 4) is 0 Å². The van der Waals surface area contributed by atoms with Crippen LogP contribution in [0.2, 0.25) is 0 Å². The van der Waals surface area contributed by atoms with E-state index in [1.54, 1.807) is 0 Å². The second-order valence-corrected chi connectivity index (χ2v) is 2.65. The van der Waals surface area contributed by atoms with Gasteiger partial charge in [-0.3, -0.25) is 14.8 Å². The van der Waals surface area contributed by atoms with E-state index < -0.39 is 11.2 Å². The van der Waals surface area contributed by atoms with Crippen LogP contribution in [0, 0.1) is 4.77 Å². The molecule has 0 bridgehead atoms. The topological polar surface area (TPSA) is 97.3 Å². The van der Waals surface area contributed by atoms with Gasteiger partial charge in [0.2, 0.25) is 0 Å². The van der Waals surface area contributed by atoms with Crippen LogP contribution in [0.3, 0.4) is 0 Å². The van der Waals surface area contributed by atoms with Gasteiger partial charge in [0.15, 0.2) is 4.77 Å². The van der Waals surface area contributed by atoms with Gasteiger partial charge in [-0.25, -0.2) is 4.79 Å². The van der Waals surface area contributed by atoms with Crippen LogP contribution in [0.15, 0.2) is 9.59 Å². The fourth-order valence-electron chi connectivity index (χ4n) is 0.958. The summed E-state index contributed by atoms with van der Waals surface area (Å²) in [6.45, 7) is 0. The molecule has 0 unspecified atom stereocenters. The van der Waals surface area contributed by atoms with E-state index in [1.165, 1.54) is 0 Å². The molecule has 0 atom stereocenters. The van der Waals surface area contributed by atoms with Gasteiger partial charge < -0.3 is 9.97 Å². The number of nitrogens with one attached hydrogen (secondary N) is 4. The Morgan fingerprint density at radius 3 is 2.50 bits per heavy atom. The van der Waals surface area contributed by atoms with Crippen molar-refractivity contribution in [3.63, 3.8) is 0 Å². The van der Waals surface area contributed by atoms with Gasteiger partial charge in [0.25, 0.3) is 5.56 Å². The van der Waals surface area contributed by atoms with Gasteiger partial charge in [-0.2, -0.15) is 0 Å². The standard InChI is InChI=1S/C5H4N4O2S/c10-3-1-2(7-4(11)9-3)8-5(12)6-1/h(H4,6,7,8,9,10,11,12). The fourth-order valence-corrected chi connectivity index (χ4v) is 1.16. The summed E-state index contributed by atoms with van der Waals surface area (Å²) >= 11 is 4.73. The maximum atomic E-state index is 11.0. The van der Waals surface area contributed by atoms with Gasteiger partial charge in [-0.05, 0) is 12.2 Å². The molecule has 0 aliphatic carbocycles. The molecule has 0 amide bonds. The molecule has 0 radical (unpaired) electrons. The highest BCUT2D eigenvalue weighted by molar-refractivity contribution is 7.71. The first-order valence-electron chi connectivity index (χ1n) is 3.11. The normalized spacial score (nSPS) is 10.7.